The van der Waals surface area contributed by atoms with Gasteiger partial charge in [0, 0.05) is 31.2 Å². The summed E-state index contributed by atoms with van der Waals surface area (Å²) in [5, 5.41) is 0. The Balaban J connectivity index is 1.93. The van der Waals surface area contributed by atoms with Gasteiger partial charge >= 0.3 is 0 Å². The Kier molecular flexibility index (Phi) is 3.75. The van der Waals surface area contributed by atoms with Crippen LogP contribution >= 0.6 is 0 Å². The van der Waals surface area contributed by atoms with Gasteiger partial charge in [-0.1, -0.05) is 0 Å². The van der Waals surface area contributed by atoms with Gasteiger partial charge in [0.2, 0.25) is 5.95 Å². The maximum Gasteiger partial charge on any atom is 0.235 e. The summed E-state index contributed by atoms with van der Waals surface area (Å²) in [7, 11) is 0. The first kappa shape index (κ1) is 13.2. The molecule has 1 aliphatic heterocycles. The average Bonchev–Trinajstić information content (AvgIpc) is 3.09. The van der Waals surface area contributed by atoms with Crippen molar-refractivity contribution in [3.63, 3.8) is 0 Å². The van der Waals surface area contributed by atoms with Crippen molar-refractivity contribution in [1.29, 1.82) is 0 Å². The van der Waals surface area contributed by atoms with Crippen LogP contribution in [0.4, 0.5) is 0 Å². The predicted molar refractivity (Wildman–Crippen MR) is 76.5 cm³/mol. The summed E-state index contributed by atoms with van der Waals surface area (Å²) in [6.45, 7) is 4.72. The van der Waals surface area contributed by atoms with E-state index in [1.165, 1.54) is 6.42 Å². The molecule has 3 rings (SSSR count). The molecule has 0 spiro atoms. The van der Waals surface area contributed by atoms with Crippen LogP contribution in [0.1, 0.15) is 30.3 Å². The fraction of sp³-hybridized carbons (Fsp3) is 0.500. The van der Waals surface area contributed by atoms with Crippen LogP contribution in [0.25, 0.3) is 5.95 Å². The van der Waals surface area contributed by atoms with Gasteiger partial charge in [-0.2, -0.15) is 0 Å². The molecular weight excluding hydrogens is 252 g/mol. The summed E-state index contributed by atoms with van der Waals surface area (Å²) < 4.78 is 1.85. The van der Waals surface area contributed by atoms with Crippen molar-refractivity contribution >= 4 is 0 Å². The Morgan fingerprint density at radius 2 is 2.30 bits per heavy atom. The number of likely N-dealkylation sites (tertiary alicyclic amines) is 1. The van der Waals surface area contributed by atoms with E-state index in [-0.39, 0.29) is 0 Å². The average molecular weight is 272 g/mol. The van der Waals surface area contributed by atoms with Crippen LogP contribution in [0.3, 0.4) is 0 Å². The highest BCUT2D eigenvalue weighted by Gasteiger charge is 2.27. The molecule has 1 fully saturated rings. The number of imidazole rings is 1. The lowest BCUT2D eigenvalue weighted by molar-refractivity contribution is 0.260. The lowest BCUT2D eigenvalue weighted by Crippen LogP contribution is -2.29. The Bertz CT molecular complexity index is 565. The second-order valence-electron chi connectivity index (χ2n) is 5.19. The fourth-order valence-electron chi connectivity index (χ4n) is 2.83. The molecule has 106 valence electrons. The molecule has 20 heavy (non-hydrogen) atoms. The van der Waals surface area contributed by atoms with Crippen molar-refractivity contribution in [3.05, 3.63) is 36.2 Å². The van der Waals surface area contributed by atoms with E-state index in [9.17, 15) is 0 Å². The van der Waals surface area contributed by atoms with E-state index in [0.29, 0.717) is 18.5 Å². The molecule has 2 N–H and O–H groups in total. The van der Waals surface area contributed by atoms with Gasteiger partial charge in [-0.05, 0) is 32.4 Å². The van der Waals surface area contributed by atoms with Crippen LogP contribution in [0, 0.1) is 6.92 Å². The number of hydrogen-bond donors (Lipinski definition) is 1. The molecular formula is C14H20N6. The number of aryl methyl sites for hydroxylation is 1. The van der Waals surface area contributed by atoms with E-state index in [4.69, 9.17) is 10.7 Å². The molecule has 2 aromatic heterocycles. The maximum absolute atomic E-state index is 5.70. The quantitative estimate of drug-likeness (QED) is 0.901. The van der Waals surface area contributed by atoms with E-state index in [2.05, 4.69) is 20.9 Å². The summed E-state index contributed by atoms with van der Waals surface area (Å²) in [6.07, 6.45) is 7.67. The number of hydrogen-bond acceptors (Lipinski definition) is 5. The number of nitrogens with two attached hydrogens (primary N) is 1. The van der Waals surface area contributed by atoms with Crippen molar-refractivity contribution < 1.29 is 0 Å². The fourth-order valence-corrected chi connectivity index (χ4v) is 2.83. The standard InChI is InChI=1S/C14H20N6/c1-11-9-12(13-3-2-6-19(13)7-4-15)18-14(17-11)20-8-5-16-10-20/h5,8-10,13H,2-4,6-7,15H2,1H3. The van der Waals surface area contributed by atoms with E-state index in [1.807, 2.05) is 17.7 Å². The van der Waals surface area contributed by atoms with Crippen molar-refractivity contribution in [2.75, 3.05) is 19.6 Å². The van der Waals surface area contributed by atoms with Crippen LogP contribution in [-0.2, 0) is 0 Å². The van der Waals surface area contributed by atoms with Crippen molar-refractivity contribution in [1.82, 2.24) is 24.4 Å². The number of nitrogens with zero attached hydrogens (tertiary/aromatic N) is 5. The smallest absolute Gasteiger partial charge is 0.235 e. The zero-order valence-corrected chi connectivity index (χ0v) is 11.7. The highest BCUT2D eigenvalue weighted by atomic mass is 15.2. The van der Waals surface area contributed by atoms with Gasteiger partial charge in [-0.25, -0.2) is 15.0 Å². The topological polar surface area (TPSA) is 72.9 Å². The van der Waals surface area contributed by atoms with E-state index < -0.39 is 0 Å². The van der Waals surface area contributed by atoms with Crippen LogP contribution in [-0.4, -0.2) is 44.1 Å². The second kappa shape index (κ2) is 5.68. The molecule has 0 saturated carbocycles. The molecule has 1 saturated heterocycles. The zero-order valence-electron chi connectivity index (χ0n) is 11.7. The van der Waals surface area contributed by atoms with Gasteiger partial charge in [0.15, 0.2) is 0 Å². The summed E-state index contributed by atoms with van der Waals surface area (Å²) >= 11 is 0. The normalized spacial score (nSPS) is 19.6. The monoisotopic (exact) mass is 272 g/mol. The second-order valence-corrected chi connectivity index (χ2v) is 5.19. The summed E-state index contributed by atoms with van der Waals surface area (Å²) in [6, 6.07) is 2.45. The van der Waals surface area contributed by atoms with Crippen molar-refractivity contribution in [2.45, 2.75) is 25.8 Å². The molecule has 0 bridgehead atoms. The molecule has 0 aliphatic carbocycles. The van der Waals surface area contributed by atoms with Gasteiger partial charge in [0.1, 0.15) is 6.33 Å². The molecule has 2 aromatic rings. The predicted octanol–water partition coefficient (Wildman–Crippen LogP) is 1.07. The first-order valence-electron chi connectivity index (χ1n) is 7.06. The summed E-state index contributed by atoms with van der Waals surface area (Å²) in [5.74, 6) is 0.692. The zero-order chi connectivity index (χ0) is 13.9. The van der Waals surface area contributed by atoms with Crippen molar-refractivity contribution in [3.8, 4) is 5.95 Å². The molecule has 1 unspecified atom stereocenters. The molecule has 0 aromatic carbocycles. The molecule has 0 amide bonds. The first-order valence-corrected chi connectivity index (χ1v) is 7.06. The van der Waals surface area contributed by atoms with Gasteiger partial charge in [0.25, 0.3) is 0 Å². The lowest BCUT2D eigenvalue weighted by Gasteiger charge is -2.23. The summed E-state index contributed by atoms with van der Waals surface area (Å²) in [4.78, 5) is 15.7. The Labute approximate surface area is 118 Å². The van der Waals surface area contributed by atoms with Gasteiger partial charge in [-0.15, -0.1) is 0 Å². The Morgan fingerprint density at radius 3 is 3.05 bits per heavy atom. The molecule has 6 heteroatoms. The van der Waals surface area contributed by atoms with Crippen LogP contribution in [0.15, 0.2) is 24.8 Å². The lowest BCUT2D eigenvalue weighted by atomic mass is 10.1. The summed E-state index contributed by atoms with van der Waals surface area (Å²) in [5.41, 5.74) is 7.77. The third-order valence-electron chi connectivity index (χ3n) is 3.72. The molecule has 1 atom stereocenters. The maximum atomic E-state index is 5.70. The van der Waals surface area contributed by atoms with Crippen LogP contribution < -0.4 is 5.73 Å². The number of aromatic nitrogens is 4. The Hall–Kier alpha value is -1.79. The van der Waals surface area contributed by atoms with Gasteiger partial charge < -0.3 is 5.73 Å². The van der Waals surface area contributed by atoms with E-state index in [1.54, 1.807) is 12.5 Å². The Morgan fingerprint density at radius 1 is 1.40 bits per heavy atom. The number of rotatable bonds is 4. The van der Waals surface area contributed by atoms with Crippen molar-refractivity contribution in [2.24, 2.45) is 5.73 Å². The molecule has 6 nitrogen and oxygen atoms in total. The minimum Gasteiger partial charge on any atom is -0.329 e. The van der Waals surface area contributed by atoms with Gasteiger partial charge in [-0.3, -0.25) is 9.47 Å². The molecule has 1 aliphatic rings. The molecule has 3 heterocycles. The van der Waals surface area contributed by atoms with E-state index >= 15 is 0 Å². The third kappa shape index (κ3) is 2.57. The van der Waals surface area contributed by atoms with Gasteiger partial charge in [0.05, 0.1) is 11.7 Å². The minimum atomic E-state index is 0.363. The highest BCUT2D eigenvalue weighted by molar-refractivity contribution is 5.22. The minimum absolute atomic E-state index is 0.363. The third-order valence-corrected chi connectivity index (χ3v) is 3.72. The first-order chi connectivity index (χ1) is 9.78. The van der Waals surface area contributed by atoms with E-state index in [0.717, 1.165) is 30.9 Å². The molecule has 0 radical (unpaired) electrons. The highest BCUT2D eigenvalue weighted by Crippen LogP contribution is 2.30. The largest absolute Gasteiger partial charge is 0.329 e. The van der Waals surface area contributed by atoms with Crippen LogP contribution in [0.2, 0.25) is 0 Å². The SMILES string of the molecule is Cc1cc(C2CCCN2CCN)nc(-n2ccnc2)n1. The van der Waals surface area contributed by atoms with Crippen LogP contribution in [0.5, 0.6) is 0 Å².